The van der Waals surface area contributed by atoms with Crippen LogP contribution in [-0.2, 0) is 0 Å². The van der Waals surface area contributed by atoms with Crippen molar-refractivity contribution in [1.29, 1.82) is 0 Å². The van der Waals surface area contributed by atoms with Gasteiger partial charge in [-0.05, 0) is 52.7 Å². The van der Waals surface area contributed by atoms with Gasteiger partial charge in [-0.3, -0.25) is 0 Å². The van der Waals surface area contributed by atoms with Crippen LogP contribution in [0.4, 0.5) is 5.69 Å². The van der Waals surface area contributed by atoms with Crippen LogP contribution >= 0.6 is 27.5 Å². The number of benzene rings is 2. The number of ether oxygens (including phenoxy) is 1. The molecule has 0 saturated carbocycles. The number of hydrogen-bond donors (Lipinski definition) is 1. The summed E-state index contributed by atoms with van der Waals surface area (Å²) in [5.41, 5.74) is 7.44. The van der Waals surface area contributed by atoms with Gasteiger partial charge in [-0.15, -0.1) is 0 Å². The van der Waals surface area contributed by atoms with Crippen molar-refractivity contribution >= 4 is 33.2 Å². The predicted molar refractivity (Wildman–Crippen MR) is 74.8 cm³/mol. The van der Waals surface area contributed by atoms with Gasteiger partial charge in [0.2, 0.25) is 0 Å². The van der Waals surface area contributed by atoms with E-state index in [2.05, 4.69) is 15.9 Å². The van der Waals surface area contributed by atoms with Gasteiger partial charge in [-0.1, -0.05) is 23.7 Å². The minimum atomic E-state index is 0.446. The second-order valence-electron chi connectivity index (χ2n) is 3.69. The van der Waals surface area contributed by atoms with Crippen LogP contribution in [0, 0.1) is 6.92 Å². The zero-order valence-electron chi connectivity index (χ0n) is 9.21. The van der Waals surface area contributed by atoms with Crippen LogP contribution < -0.4 is 10.5 Å². The Morgan fingerprint density at radius 1 is 1.18 bits per heavy atom. The lowest BCUT2D eigenvalue weighted by molar-refractivity contribution is 0.482. The van der Waals surface area contributed by atoms with Gasteiger partial charge in [0.1, 0.15) is 5.75 Å². The van der Waals surface area contributed by atoms with E-state index in [0.717, 1.165) is 10.0 Å². The molecule has 2 nitrogen and oxygen atoms in total. The third-order valence-corrected chi connectivity index (χ3v) is 3.27. The highest BCUT2D eigenvalue weighted by Crippen LogP contribution is 2.35. The molecule has 4 heteroatoms. The molecule has 0 heterocycles. The van der Waals surface area contributed by atoms with Gasteiger partial charge in [0.15, 0.2) is 5.75 Å². The first kappa shape index (κ1) is 12.3. The lowest BCUT2D eigenvalue weighted by Crippen LogP contribution is -1.93. The van der Waals surface area contributed by atoms with E-state index in [1.54, 1.807) is 18.2 Å². The first-order valence-corrected chi connectivity index (χ1v) is 6.23. The molecule has 0 atom stereocenters. The highest BCUT2D eigenvalue weighted by molar-refractivity contribution is 9.10. The molecule has 2 rings (SSSR count). The summed E-state index contributed by atoms with van der Waals surface area (Å²) in [4.78, 5) is 0. The number of nitrogen functional groups attached to an aromatic ring is 1. The van der Waals surface area contributed by atoms with E-state index >= 15 is 0 Å². The summed E-state index contributed by atoms with van der Waals surface area (Å²) >= 11 is 9.38. The molecule has 2 N–H and O–H groups in total. The summed E-state index contributed by atoms with van der Waals surface area (Å²) in [6.45, 7) is 2.02. The van der Waals surface area contributed by atoms with Gasteiger partial charge in [-0.2, -0.15) is 0 Å². The Kier molecular flexibility index (Phi) is 3.60. The largest absolute Gasteiger partial charge is 0.454 e. The summed E-state index contributed by atoms with van der Waals surface area (Å²) in [5, 5.41) is 0.491. The van der Waals surface area contributed by atoms with Crippen molar-refractivity contribution in [2.75, 3.05) is 5.73 Å². The maximum absolute atomic E-state index is 5.93. The minimum Gasteiger partial charge on any atom is -0.454 e. The van der Waals surface area contributed by atoms with Crippen molar-refractivity contribution in [2.24, 2.45) is 0 Å². The van der Waals surface area contributed by atoms with Crippen LogP contribution in [0.1, 0.15) is 5.56 Å². The van der Waals surface area contributed by atoms with Crippen molar-refractivity contribution in [1.82, 2.24) is 0 Å². The fourth-order valence-corrected chi connectivity index (χ4v) is 2.15. The van der Waals surface area contributed by atoms with E-state index in [0.29, 0.717) is 22.2 Å². The third-order valence-electron chi connectivity index (χ3n) is 2.32. The molecule has 0 radical (unpaired) electrons. The number of nitrogens with two attached hydrogens (primary N) is 1. The van der Waals surface area contributed by atoms with Crippen molar-refractivity contribution in [2.45, 2.75) is 6.92 Å². The normalized spacial score (nSPS) is 10.3. The molecule has 0 fully saturated rings. The molecule has 0 saturated heterocycles. The molecule has 0 aliphatic carbocycles. The second kappa shape index (κ2) is 4.98. The van der Waals surface area contributed by atoms with E-state index in [-0.39, 0.29) is 0 Å². The number of hydrogen-bond acceptors (Lipinski definition) is 2. The maximum atomic E-state index is 5.93. The smallest absolute Gasteiger partial charge is 0.151 e. The molecule has 17 heavy (non-hydrogen) atoms. The van der Waals surface area contributed by atoms with E-state index in [1.807, 2.05) is 25.1 Å². The van der Waals surface area contributed by atoms with Crippen LogP contribution in [0.2, 0.25) is 5.02 Å². The Hall–Kier alpha value is -1.19. The van der Waals surface area contributed by atoms with Crippen molar-refractivity contribution in [3.05, 3.63) is 51.5 Å². The molecule has 0 amide bonds. The van der Waals surface area contributed by atoms with Gasteiger partial charge in [-0.25, -0.2) is 0 Å². The van der Waals surface area contributed by atoms with Gasteiger partial charge >= 0.3 is 0 Å². The van der Waals surface area contributed by atoms with Crippen LogP contribution in [0.3, 0.4) is 0 Å². The van der Waals surface area contributed by atoms with Crippen LogP contribution in [0.5, 0.6) is 11.5 Å². The summed E-state index contributed by atoms with van der Waals surface area (Å²) in [6.07, 6.45) is 0. The fourth-order valence-electron chi connectivity index (χ4n) is 1.41. The number of aryl methyl sites for hydroxylation is 1. The molecule has 0 aliphatic heterocycles. The Morgan fingerprint density at radius 3 is 2.65 bits per heavy atom. The van der Waals surface area contributed by atoms with Crippen LogP contribution in [-0.4, -0.2) is 0 Å². The van der Waals surface area contributed by atoms with Crippen LogP contribution in [0.25, 0.3) is 0 Å². The number of rotatable bonds is 2. The number of anilines is 1. The fraction of sp³-hybridized carbons (Fsp3) is 0.0769. The SMILES string of the molecule is Cc1ccc(Oc2cccc(Cl)c2N)c(Br)c1. The highest BCUT2D eigenvalue weighted by atomic mass is 79.9. The molecule has 0 bridgehead atoms. The molecule has 0 unspecified atom stereocenters. The molecular formula is C13H11BrClNO. The van der Waals surface area contributed by atoms with Crippen molar-refractivity contribution in [3.63, 3.8) is 0 Å². The summed E-state index contributed by atoms with van der Waals surface area (Å²) in [6, 6.07) is 11.2. The quantitative estimate of drug-likeness (QED) is 0.810. The standard InChI is InChI=1S/C13H11BrClNO/c1-8-5-6-11(9(14)7-8)17-12-4-2-3-10(15)13(12)16/h2-7H,16H2,1H3. The predicted octanol–water partition coefficient (Wildman–Crippen LogP) is 4.79. The van der Waals surface area contributed by atoms with Crippen molar-refractivity contribution < 1.29 is 4.74 Å². The van der Waals surface area contributed by atoms with E-state index < -0.39 is 0 Å². The summed E-state index contributed by atoms with van der Waals surface area (Å²) in [7, 11) is 0. The van der Waals surface area contributed by atoms with Gasteiger partial charge < -0.3 is 10.5 Å². The maximum Gasteiger partial charge on any atom is 0.151 e. The third kappa shape index (κ3) is 2.73. The van der Waals surface area contributed by atoms with Crippen LogP contribution in [0.15, 0.2) is 40.9 Å². The average Bonchev–Trinajstić information content (AvgIpc) is 2.28. The molecule has 88 valence electrons. The Morgan fingerprint density at radius 2 is 1.94 bits per heavy atom. The summed E-state index contributed by atoms with van der Waals surface area (Å²) < 4.78 is 6.61. The Labute approximate surface area is 113 Å². The van der Waals surface area contributed by atoms with E-state index in [1.165, 1.54) is 0 Å². The Bertz CT molecular complexity index is 557. The molecular weight excluding hydrogens is 302 g/mol. The monoisotopic (exact) mass is 311 g/mol. The molecule has 2 aromatic carbocycles. The van der Waals surface area contributed by atoms with Crippen molar-refractivity contribution in [3.8, 4) is 11.5 Å². The van der Waals surface area contributed by atoms with Gasteiger partial charge in [0, 0.05) is 0 Å². The first-order valence-electron chi connectivity index (χ1n) is 5.06. The number of halogens is 2. The minimum absolute atomic E-state index is 0.446. The summed E-state index contributed by atoms with van der Waals surface area (Å²) in [5.74, 6) is 1.27. The molecule has 0 spiro atoms. The molecule has 2 aromatic rings. The molecule has 0 aliphatic rings. The second-order valence-corrected chi connectivity index (χ2v) is 4.95. The van der Waals surface area contributed by atoms with E-state index in [4.69, 9.17) is 22.1 Å². The average molecular weight is 313 g/mol. The lowest BCUT2D eigenvalue weighted by Gasteiger charge is -2.11. The molecule has 0 aromatic heterocycles. The highest BCUT2D eigenvalue weighted by Gasteiger charge is 2.07. The topological polar surface area (TPSA) is 35.2 Å². The first-order chi connectivity index (χ1) is 8.08. The van der Waals surface area contributed by atoms with E-state index in [9.17, 15) is 0 Å². The zero-order chi connectivity index (χ0) is 12.4. The Balaban J connectivity index is 2.35. The zero-order valence-corrected chi connectivity index (χ0v) is 11.5. The van der Waals surface area contributed by atoms with Gasteiger partial charge in [0.05, 0.1) is 15.2 Å². The van der Waals surface area contributed by atoms with Gasteiger partial charge in [0.25, 0.3) is 0 Å². The lowest BCUT2D eigenvalue weighted by atomic mass is 10.2. The number of para-hydroxylation sites is 1.